The molecular formula is C40H27N7O. The van der Waals surface area contributed by atoms with Crippen LogP contribution in [0.5, 0.6) is 5.75 Å². The zero-order chi connectivity index (χ0) is 31.8. The van der Waals surface area contributed by atoms with Gasteiger partial charge in [-0.25, -0.2) is 0 Å². The molecule has 0 saturated heterocycles. The highest BCUT2D eigenvalue weighted by Crippen LogP contribution is 2.38. The highest BCUT2D eigenvalue weighted by Gasteiger charge is 2.20. The summed E-state index contributed by atoms with van der Waals surface area (Å²) >= 11 is 0. The lowest BCUT2D eigenvalue weighted by Gasteiger charge is -2.11. The van der Waals surface area contributed by atoms with Crippen LogP contribution in [0.3, 0.4) is 0 Å². The SMILES string of the molecule is CCOc1cnc2c3cc(-n4c5ccc(-n6c7ccccc7c7ncccc76)cc5c5ncccc54)ccc3n(-c3cccnc3)c2c1. The molecule has 3 aromatic carbocycles. The molecule has 0 aliphatic heterocycles. The molecule has 8 heteroatoms. The van der Waals surface area contributed by atoms with E-state index in [-0.39, 0.29) is 0 Å². The number of fused-ring (bicyclic) bond motifs is 9. The Morgan fingerprint density at radius 1 is 0.479 bits per heavy atom. The topological polar surface area (TPSA) is 75.6 Å². The molecule has 10 rings (SSSR count). The van der Waals surface area contributed by atoms with Gasteiger partial charge in [-0.2, -0.15) is 0 Å². The van der Waals surface area contributed by atoms with Crippen molar-refractivity contribution in [3.63, 3.8) is 0 Å². The van der Waals surface area contributed by atoms with Crippen molar-refractivity contribution >= 4 is 65.8 Å². The standard InChI is InChI=1S/C40H27N7O/c1-2-48-28-22-37-40(44-24-28)31-21-26(14-16-34(31)47(37)27-8-5-17-41-23-27)46-33-15-13-25(20-30(33)39-36(46)12-7-19-43-39)45-32-10-4-3-9-29(32)38-35(45)11-6-18-42-38/h3-24H,2H2,1H3. The lowest BCUT2D eigenvalue weighted by molar-refractivity contribution is 0.339. The van der Waals surface area contributed by atoms with Gasteiger partial charge in [0.1, 0.15) is 5.75 Å². The molecule has 8 nitrogen and oxygen atoms in total. The number of hydrogen-bond acceptors (Lipinski definition) is 5. The second-order valence-corrected chi connectivity index (χ2v) is 11.9. The van der Waals surface area contributed by atoms with E-state index in [4.69, 9.17) is 19.7 Å². The summed E-state index contributed by atoms with van der Waals surface area (Å²) in [5, 5.41) is 3.26. The van der Waals surface area contributed by atoms with Gasteiger partial charge in [-0.15, -0.1) is 0 Å². The Labute approximate surface area is 274 Å². The first-order valence-corrected chi connectivity index (χ1v) is 16.0. The van der Waals surface area contributed by atoms with Gasteiger partial charge in [0.2, 0.25) is 0 Å². The van der Waals surface area contributed by atoms with Gasteiger partial charge in [0, 0.05) is 52.2 Å². The van der Waals surface area contributed by atoms with E-state index < -0.39 is 0 Å². The monoisotopic (exact) mass is 621 g/mol. The summed E-state index contributed by atoms with van der Waals surface area (Å²) in [5.74, 6) is 0.737. The number of ether oxygens (including phenoxy) is 1. The smallest absolute Gasteiger partial charge is 0.139 e. The van der Waals surface area contributed by atoms with Crippen LogP contribution in [0.25, 0.3) is 82.9 Å². The van der Waals surface area contributed by atoms with E-state index in [9.17, 15) is 0 Å². The van der Waals surface area contributed by atoms with E-state index >= 15 is 0 Å². The van der Waals surface area contributed by atoms with Crippen LogP contribution < -0.4 is 4.74 Å². The number of hydrogen-bond donors (Lipinski definition) is 0. The van der Waals surface area contributed by atoms with E-state index in [1.807, 2.05) is 49.9 Å². The highest BCUT2D eigenvalue weighted by atomic mass is 16.5. The van der Waals surface area contributed by atoms with Gasteiger partial charge in [-0.3, -0.25) is 19.9 Å². The molecule has 0 aliphatic rings. The molecule has 0 saturated carbocycles. The predicted molar refractivity (Wildman–Crippen MR) is 192 cm³/mol. The van der Waals surface area contributed by atoms with Crippen molar-refractivity contribution in [3.8, 4) is 22.8 Å². The predicted octanol–water partition coefficient (Wildman–Crippen LogP) is 8.96. The maximum atomic E-state index is 5.86. The molecule has 0 amide bonds. The fourth-order valence-corrected chi connectivity index (χ4v) is 7.30. The summed E-state index contributed by atoms with van der Waals surface area (Å²) < 4.78 is 12.7. The molecule has 48 heavy (non-hydrogen) atoms. The summed E-state index contributed by atoms with van der Waals surface area (Å²) in [7, 11) is 0. The zero-order valence-corrected chi connectivity index (χ0v) is 25.9. The Kier molecular flexibility index (Phi) is 5.68. The van der Waals surface area contributed by atoms with Crippen LogP contribution in [0, 0.1) is 0 Å². The minimum atomic E-state index is 0.571. The first-order valence-electron chi connectivity index (χ1n) is 16.0. The van der Waals surface area contributed by atoms with Gasteiger partial charge >= 0.3 is 0 Å². The number of aromatic nitrogens is 7. The molecule has 10 aromatic rings. The number of para-hydroxylation sites is 1. The fraction of sp³-hybridized carbons (Fsp3) is 0.0500. The van der Waals surface area contributed by atoms with Crippen molar-refractivity contribution in [3.05, 3.63) is 134 Å². The Morgan fingerprint density at radius 2 is 1.06 bits per heavy atom. The summed E-state index contributed by atoms with van der Waals surface area (Å²) in [6, 6.07) is 36.0. The van der Waals surface area contributed by atoms with Crippen LogP contribution in [0.1, 0.15) is 6.92 Å². The minimum Gasteiger partial charge on any atom is -0.492 e. The molecule has 0 fully saturated rings. The van der Waals surface area contributed by atoms with Crippen LogP contribution in [-0.2, 0) is 0 Å². The second-order valence-electron chi connectivity index (χ2n) is 11.9. The van der Waals surface area contributed by atoms with Crippen LogP contribution in [0.15, 0.2) is 134 Å². The summed E-state index contributed by atoms with van der Waals surface area (Å²) in [6.45, 7) is 2.55. The number of benzene rings is 3. The third-order valence-electron chi connectivity index (χ3n) is 9.22. The van der Waals surface area contributed by atoms with E-state index in [0.717, 1.165) is 88.6 Å². The Morgan fingerprint density at radius 3 is 1.73 bits per heavy atom. The molecule has 0 radical (unpaired) electrons. The molecule has 7 heterocycles. The molecule has 7 aromatic heterocycles. The third-order valence-corrected chi connectivity index (χ3v) is 9.22. The van der Waals surface area contributed by atoms with Gasteiger partial charge in [-0.05, 0) is 85.8 Å². The fourth-order valence-electron chi connectivity index (χ4n) is 7.30. The molecular weight excluding hydrogens is 594 g/mol. The van der Waals surface area contributed by atoms with Crippen LogP contribution >= 0.6 is 0 Å². The Bertz CT molecular complexity index is 2810. The molecule has 0 spiro atoms. The van der Waals surface area contributed by atoms with Crippen molar-refractivity contribution in [1.29, 1.82) is 0 Å². The lowest BCUT2D eigenvalue weighted by Crippen LogP contribution is -1.97. The average molecular weight is 622 g/mol. The van der Waals surface area contributed by atoms with Gasteiger partial charge < -0.3 is 18.4 Å². The summed E-state index contributed by atoms with van der Waals surface area (Å²) in [5.41, 5.74) is 12.2. The third kappa shape index (κ3) is 3.77. The van der Waals surface area contributed by atoms with Crippen LogP contribution in [0.2, 0.25) is 0 Å². The van der Waals surface area contributed by atoms with Crippen molar-refractivity contribution in [2.75, 3.05) is 6.61 Å². The number of pyridine rings is 4. The van der Waals surface area contributed by atoms with E-state index in [1.165, 1.54) is 0 Å². The van der Waals surface area contributed by atoms with Gasteiger partial charge in [0.05, 0.1) is 74.3 Å². The number of nitrogens with zero attached hydrogens (tertiary/aromatic N) is 7. The quantitative estimate of drug-likeness (QED) is 0.192. The van der Waals surface area contributed by atoms with Gasteiger partial charge in [0.25, 0.3) is 0 Å². The largest absolute Gasteiger partial charge is 0.492 e. The molecule has 0 unspecified atom stereocenters. The average Bonchev–Trinajstić information content (AvgIpc) is 3.77. The van der Waals surface area contributed by atoms with E-state index in [1.54, 1.807) is 6.20 Å². The van der Waals surface area contributed by atoms with Crippen molar-refractivity contribution < 1.29 is 4.74 Å². The maximum Gasteiger partial charge on any atom is 0.139 e. The normalized spacial score (nSPS) is 11.9. The van der Waals surface area contributed by atoms with Crippen LogP contribution in [-0.4, -0.2) is 40.2 Å². The highest BCUT2D eigenvalue weighted by molar-refractivity contribution is 6.11. The van der Waals surface area contributed by atoms with Crippen molar-refractivity contribution in [1.82, 2.24) is 33.6 Å². The van der Waals surface area contributed by atoms with Gasteiger partial charge in [0.15, 0.2) is 0 Å². The molecule has 0 bridgehead atoms. The Hall–Kier alpha value is -6.54. The van der Waals surface area contributed by atoms with E-state index in [0.29, 0.717) is 6.61 Å². The van der Waals surface area contributed by atoms with Crippen molar-refractivity contribution in [2.24, 2.45) is 0 Å². The molecule has 0 N–H and O–H groups in total. The maximum absolute atomic E-state index is 5.86. The molecule has 0 atom stereocenters. The lowest BCUT2D eigenvalue weighted by atomic mass is 10.2. The summed E-state index contributed by atoms with van der Waals surface area (Å²) in [4.78, 5) is 19.0. The first-order chi connectivity index (χ1) is 23.8. The van der Waals surface area contributed by atoms with Gasteiger partial charge in [-0.1, -0.05) is 18.2 Å². The minimum absolute atomic E-state index is 0.571. The first kappa shape index (κ1) is 26.7. The Balaban J connectivity index is 1.22. The zero-order valence-electron chi connectivity index (χ0n) is 25.9. The summed E-state index contributed by atoms with van der Waals surface area (Å²) in [6.07, 6.45) is 9.20. The van der Waals surface area contributed by atoms with E-state index in [2.05, 4.69) is 104 Å². The second kappa shape index (κ2) is 10.2. The number of rotatable bonds is 5. The molecule has 0 aliphatic carbocycles. The van der Waals surface area contributed by atoms with Crippen molar-refractivity contribution in [2.45, 2.75) is 6.92 Å². The van der Waals surface area contributed by atoms with Crippen LogP contribution in [0.4, 0.5) is 0 Å². The molecule has 228 valence electrons.